The van der Waals surface area contributed by atoms with Gasteiger partial charge in [0, 0.05) is 24.7 Å². The number of carbonyl (C=O) groups excluding carboxylic acids is 1. The molecule has 0 unspecified atom stereocenters. The largest absolute Gasteiger partial charge is 0.370 e. The molecule has 1 aromatic rings. The lowest BCUT2D eigenvalue weighted by Gasteiger charge is -2.07. The van der Waals surface area contributed by atoms with E-state index in [1.165, 1.54) is 0 Å². The van der Waals surface area contributed by atoms with Crippen molar-refractivity contribution in [1.82, 2.24) is 5.32 Å². The number of nitrogens with two attached hydrogens (primary N) is 1. The summed E-state index contributed by atoms with van der Waals surface area (Å²) in [5, 5.41) is 3.13. The maximum atomic E-state index is 10.9. The van der Waals surface area contributed by atoms with Crippen molar-refractivity contribution in [2.24, 2.45) is 10.7 Å². The second-order valence-electron chi connectivity index (χ2n) is 3.04. The molecule has 80 valence electrons. The topological polar surface area (TPSA) is 67.5 Å². The van der Waals surface area contributed by atoms with Crippen molar-refractivity contribution in [2.75, 3.05) is 13.6 Å². The van der Waals surface area contributed by atoms with E-state index in [0.717, 1.165) is 17.9 Å². The number of nitrogens with one attached hydrogen (secondary N) is 1. The van der Waals surface area contributed by atoms with Gasteiger partial charge in [0.15, 0.2) is 0 Å². The maximum Gasteiger partial charge on any atom is 0.248 e. The van der Waals surface area contributed by atoms with Gasteiger partial charge in [-0.15, -0.1) is 0 Å². The Morgan fingerprint density at radius 1 is 1.33 bits per heavy atom. The van der Waals surface area contributed by atoms with Gasteiger partial charge in [0.1, 0.15) is 5.84 Å². The summed E-state index contributed by atoms with van der Waals surface area (Å²) < 4.78 is 0. The number of amides is 1. The molecule has 1 rings (SSSR count). The number of rotatable bonds is 3. The van der Waals surface area contributed by atoms with Crippen LogP contribution in [0, 0.1) is 0 Å². The second-order valence-corrected chi connectivity index (χ2v) is 3.04. The van der Waals surface area contributed by atoms with Crippen LogP contribution in [0.3, 0.4) is 0 Å². The van der Waals surface area contributed by atoms with Gasteiger partial charge in [-0.1, -0.05) is 12.1 Å². The van der Waals surface area contributed by atoms with Gasteiger partial charge in [-0.2, -0.15) is 0 Å². The van der Waals surface area contributed by atoms with Crippen LogP contribution in [0.4, 0.5) is 0 Å². The SMILES string of the molecule is CCNC(=NC)c1ccc(C(N)=O)cc1. The summed E-state index contributed by atoms with van der Waals surface area (Å²) in [7, 11) is 1.72. The smallest absolute Gasteiger partial charge is 0.248 e. The monoisotopic (exact) mass is 205 g/mol. The van der Waals surface area contributed by atoms with Crippen molar-refractivity contribution in [2.45, 2.75) is 6.92 Å². The molecular formula is C11H15N3O. The molecule has 0 saturated carbocycles. The predicted molar refractivity (Wildman–Crippen MR) is 61.1 cm³/mol. The summed E-state index contributed by atoms with van der Waals surface area (Å²) in [6, 6.07) is 7.04. The second kappa shape index (κ2) is 5.14. The Morgan fingerprint density at radius 3 is 2.27 bits per heavy atom. The standard InChI is InChI=1S/C11H15N3O/c1-3-14-11(13-2)9-6-4-8(5-7-9)10(12)15/h4-7H,3H2,1-2H3,(H2,12,15)(H,13,14). The minimum absolute atomic E-state index is 0.417. The fraction of sp³-hybridized carbons (Fsp3) is 0.273. The van der Waals surface area contributed by atoms with E-state index in [0.29, 0.717) is 5.56 Å². The van der Waals surface area contributed by atoms with Crippen LogP contribution in [0.1, 0.15) is 22.8 Å². The van der Waals surface area contributed by atoms with E-state index in [2.05, 4.69) is 10.3 Å². The predicted octanol–water partition coefficient (Wildman–Crippen LogP) is 0.771. The van der Waals surface area contributed by atoms with E-state index >= 15 is 0 Å². The highest BCUT2D eigenvalue weighted by molar-refractivity contribution is 6.00. The molecule has 0 aliphatic heterocycles. The number of benzene rings is 1. The average Bonchev–Trinajstić information content (AvgIpc) is 2.26. The summed E-state index contributed by atoms with van der Waals surface area (Å²) in [5.41, 5.74) is 6.60. The molecule has 0 spiro atoms. The first-order chi connectivity index (χ1) is 7.19. The molecule has 0 atom stereocenters. The Morgan fingerprint density at radius 2 is 1.87 bits per heavy atom. The zero-order valence-electron chi connectivity index (χ0n) is 8.95. The molecule has 0 radical (unpaired) electrons. The number of aliphatic imine (C=N–C) groups is 1. The molecule has 0 fully saturated rings. The van der Waals surface area contributed by atoms with Gasteiger partial charge in [-0.05, 0) is 19.1 Å². The minimum Gasteiger partial charge on any atom is -0.370 e. The van der Waals surface area contributed by atoms with Crippen LogP contribution in [-0.4, -0.2) is 25.3 Å². The van der Waals surface area contributed by atoms with Crippen molar-refractivity contribution in [1.29, 1.82) is 0 Å². The molecule has 15 heavy (non-hydrogen) atoms. The lowest BCUT2D eigenvalue weighted by atomic mass is 10.1. The number of hydrogen-bond acceptors (Lipinski definition) is 2. The summed E-state index contributed by atoms with van der Waals surface area (Å²) >= 11 is 0. The molecule has 0 heterocycles. The van der Waals surface area contributed by atoms with E-state index < -0.39 is 5.91 Å². The van der Waals surface area contributed by atoms with Crippen LogP contribution in [0.2, 0.25) is 0 Å². The first-order valence-electron chi connectivity index (χ1n) is 4.80. The fourth-order valence-electron chi connectivity index (χ4n) is 1.27. The van der Waals surface area contributed by atoms with Crippen LogP contribution < -0.4 is 11.1 Å². The zero-order chi connectivity index (χ0) is 11.3. The Balaban J connectivity index is 2.92. The Kier molecular flexibility index (Phi) is 3.85. The van der Waals surface area contributed by atoms with Crippen LogP contribution in [0.25, 0.3) is 0 Å². The highest BCUT2D eigenvalue weighted by atomic mass is 16.1. The molecule has 0 aliphatic carbocycles. The molecular weight excluding hydrogens is 190 g/mol. The van der Waals surface area contributed by atoms with Crippen LogP contribution in [-0.2, 0) is 0 Å². The Bertz CT molecular complexity index is 368. The van der Waals surface area contributed by atoms with Crippen molar-refractivity contribution in [3.8, 4) is 0 Å². The number of amidine groups is 1. The fourth-order valence-corrected chi connectivity index (χ4v) is 1.27. The lowest BCUT2D eigenvalue weighted by Crippen LogP contribution is -2.24. The van der Waals surface area contributed by atoms with Crippen LogP contribution in [0.15, 0.2) is 29.3 Å². The molecule has 0 aliphatic rings. The number of hydrogen-bond donors (Lipinski definition) is 2. The molecule has 4 nitrogen and oxygen atoms in total. The minimum atomic E-state index is -0.417. The molecule has 0 saturated heterocycles. The third kappa shape index (κ3) is 2.80. The number of carbonyl (C=O) groups is 1. The zero-order valence-corrected chi connectivity index (χ0v) is 8.95. The third-order valence-corrected chi connectivity index (χ3v) is 2.01. The van der Waals surface area contributed by atoms with Gasteiger partial charge in [0.25, 0.3) is 0 Å². The average molecular weight is 205 g/mol. The first kappa shape index (κ1) is 11.2. The Labute approximate surface area is 89.2 Å². The summed E-state index contributed by atoms with van der Waals surface area (Å²) in [6.07, 6.45) is 0. The third-order valence-electron chi connectivity index (χ3n) is 2.01. The van der Waals surface area contributed by atoms with Gasteiger partial charge in [0.2, 0.25) is 5.91 Å². The maximum absolute atomic E-state index is 10.9. The summed E-state index contributed by atoms with van der Waals surface area (Å²) in [4.78, 5) is 15.0. The van der Waals surface area contributed by atoms with Gasteiger partial charge in [-0.3, -0.25) is 9.79 Å². The molecule has 0 aromatic heterocycles. The number of primary amides is 1. The van der Waals surface area contributed by atoms with E-state index in [4.69, 9.17) is 5.73 Å². The summed E-state index contributed by atoms with van der Waals surface area (Å²) in [6.45, 7) is 2.81. The number of nitrogens with zero attached hydrogens (tertiary/aromatic N) is 1. The van der Waals surface area contributed by atoms with Gasteiger partial charge in [-0.25, -0.2) is 0 Å². The molecule has 1 aromatic carbocycles. The van der Waals surface area contributed by atoms with Gasteiger partial charge >= 0.3 is 0 Å². The van der Waals surface area contributed by atoms with Crippen molar-refractivity contribution in [3.63, 3.8) is 0 Å². The van der Waals surface area contributed by atoms with Crippen molar-refractivity contribution >= 4 is 11.7 Å². The van der Waals surface area contributed by atoms with Crippen LogP contribution in [0.5, 0.6) is 0 Å². The molecule has 1 amide bonds. The quantitative estimate of drug-likeness (QED) is 0.565. The molecule has 3 N–H and O–H groups in total. The molecule has 4 heteroatoms. The van der Waals surface area contributed by atoms with E-state index in [1.54, 1.807) is 19.2 Å². The first-order valence-corrected chi connectivity index (χ1v) is 4.80. The van der Waals surface area contributed by atoms with Crippen molar-refractivity contribution in [3.05, 3.63) is 35.4 Å². The highest BCUT2D eigenvalue weighted by Gasteiger charge is 2.03. The van der Waals surface area contributed by atoms with E-state index in [-0.39, 0.29) is 0 Å². The van der Waals surface area contributed by atoms with Gasteiger partial charge in [0.05, 0.1) is 0 Å². The Hall–Kier alpha value is -1.84. The lowest BCUT2D eigenvalue weighted by molar-refractivity contribution is 0.100. The summed E-state index contributed by atoms with van der Waals surface area (Å²) in [5.74, 6) is 0.397. The van der Waals surface area contributed by atoms with Crippen molar-refractivity contribution < 1.29 is 4.79 Å². The normalized spacial score (nSPS) is 11.2. The molecule has 0 bridgehead atoms. The van der Waals surface area contributed by atoms with E-state index in [9.17, 15) is 4.79 Å². The van der Waals surface area contributed by atoms with Crippen LogP contribution >= 0.6 is 0 Å². The van der Waals surface area contributed by atoms with Gasteiger partial charge < -0.3 is 11.1 Å². The highest BCUT2D eigenvalue weighted by Crippen LogP contribution is 2.04. The van der Waals surface area contributed by atoms with E-state index in [1.807, 2.05) is 19.1 Å².